The number of hydrogen-bond donors (Lipinski definition) is 1. The van der Waals surface area contributed by atoms with Crippen LogP contribution in [-0.4, -0.2) is 17.6 Å². The van der Waals surface area contributed by atoms with Crippen molar-refractivity contribution in [1.29, 1.82) is 0 Å². The van der Waals surface area contributed by atoms with E-state index in [1.165, 1.54) is 12.0 Å². The predicted octanol–water partition coefficient (Wildman–Crippen LogP) is 1.57. The number of likely N-dealkylation sites (tertiary alicyclic amines) is 1. The van der Waals surface area contributed by atoms with Crippen LogP contribution in [0.25, 0.3) is 0 Å². The third kappa shape index (κ3) is 2.08. The molecular formula is C11H16N2. The molecule has 0 amide bonds. The van der Waals surface area contributed by atoms with Gasteiger partial charge in [0.2, 0.25) is 0 Å². The van der Waals surface area contributed by atoms with Gasteiger partial charge in [0, 0.05) is 13.1 Å². The van der Waals surface area contributed by atoms with Crippen LogP contribution < -0.4 is 5.73 Å². The topological polar surface area (TPSA) is 29.3 Å². The Morgan fingerprint density at radius 1 is 1.31 bits per heavy atom. The van der Waals surface area contributed by atoms with Gasteiger partial charge in [-0.25, -0.2) is 0 Å². The lowest BCUT2D eigenvalue weighted by atomic mass is 10.2. The van der Waals surface area contributed by atoms with Crippen molar-refractivity contribution in [1.82, 2.24) is 4.90 Å². The molecule has 0 aromatic heterocycles. The first-order chi connectivity index (χ1) is 6.36. The lowest BCUT2D eigenvalue weighted by Crippen LogP contribution is -2.35. The van der Waals surface area contributed by atoms with Crippen LogP contribution in [0, 0.1) is 0 Å². The average Bonchev–Trinajstić information content (AvgIpc) is 2.54. The Kier molecular flexibility index (Phi) is 2.62. The van der Waals surface area contributed by atoms with Gasteiger partial charge in [-0.2, -0.15) is 0 Å². The molecule has 2 N–H and O–H groups in total. The molecule has 1 aromatic rings. The lowest BCUT2D eigenvalue weighted by molar-refractivity contribution is 0.250. The Labute approximate surface area is 79.4 Å². The summed E-state index contributed by atoms with van der Waals surface area (Å²) in [4.78, 5) is 2.34. The van der Waals surface area contributed by atoms with Gasteiger partial charge >= 0.3 is 0 Å². The summed E-state index contributed by atoms with van der Waals surface area (Å²) in [6, 6.07) is 10.5. The van der Waals surface area contributed by atoms with Gasteiger partial charge in [0.05, 0.1) is 6.17 Å². The van der Waals surface area contributed by atoms with E-state index in [1.807, 2.05) is 6.07 Å². The second kappa shape index (κ2) is 3.90. The van der Waals surface area contributed by atoms with E-state index >= 15 is 0 Å². The van der Waals surface area contributed by atoms with Crippen LogP contribution in [0.3, 0.4) is 0 Å². The maximum atomic E-state index is 5.95. The third-order valence-corrected chi connectivity index (χ3v) is 2.64. The molecule has 0 saturated carbocycles. The van der Waals surface area contributed by atoms with Gasteiger partial charge < -0.3 is 5.73 Å². The summed E-state index contributed by atoms with van der Waals surface area (Å²) in [5.74, 6) is 0. The minimum atomic E-state index is 0.278. The summed E-state index contributed by atoms with van der Waals surface area (Å²) in [5, 5.41) is 0. The molecule has 1 heterocycles. The molecule has 0 spiro atoms. The fraction of sp³-hybridized carbons (Fsp3) is 0.455. The molecule has 1 atom stereocenters. The van der Waals surface area contributed by atoms with Crippen molar-refractivity contribution >= 4 is 0 Å². The van der Waals surface area contributed by atoms with Gasteiger partial charge in [0.15, 0.2) is 0 Å². The van der Waals surface area contributed by atoms with Crippen LogP contribution in [0.1, 0.15) is 18.4 Å². The van der Waals surface area contributed by atoms with Crippen LogP contribution in [0.4, 0.5) is 0 Å². The van der Waals surface area contributed by atoms with Gasteiger partial charge in [-0.15, -0.1) is 0 Å². The largest absolute Gasteiger partial charge is 0.316 e. The minimum Gasteiger partial charge on any atom is -0.316 e. The summed E-state index contributed by atoms with van der Waals surface area (Å²) in [5.41, 5.74) is 7.31. The monoisotopic (exact) mass is 176 g/mol. The molecule has 2 nitrogen and oxygen atoms in total. The fourth-order valence-electron chi connectivity index (χ4n) is 1.87. The predicted molar refractivity (Wildman–Crippen MR) is 54.1 cm³/mol. The highest BCUT2D eigenvalue weighted by atomic mass is 15.2. The average molecular weight is 176 g/mol. The van der Waals surface area contributed by atoms with Gasteiger partial charge in [0.25, 0.3) is 0 Å². The zero-order chi connectivity index (χ0) is 9.10. The summed E-state index contributed by atoms with van der Waals surface area (Å²) in [6.07, 6.45) is 2.67. The van der Waals surface area contributed by atoms with Crippen LogP contribution >= 0.6 is 0 Å². The van der Waals surface area contributed by atoms with Crippen LogP contribution in [0.2, 0.25) is 0 Å². The molecule has 1 aromatic carbocycles. The molecule has 0 bridgehead atoms. The van der Waals surface area contributed by atoms with E-state index < -0.39 is 0 Å². The number of hydrogen-bond acceptors (Lipinski definition) is 2. The van der Waals surface area contributed by atoms with Crippen molar-refractivity contribution in [2.75, 3.05) is 6.54 Å². The highest BCUT2D eigenvalue weighted by Crippen LogP contribution is 2.15. The molecule has 0 radical (unpaired) electrons. The Hall–Kier alpha value is -0.860. The fourth-order valence-corrected chi connectivity index (χ4v) is 1.87. The van der Waals surface area contributed by atoms with Gasteiger partial charge in [-0.3, -0.25) is 4.90 Å². The Bertz CT molecular complexity index is 258. The van der Waals surface area contributed by atoms with Crippen molar-refractivity contribution in [3.8, 4) is 0 Å². The van der Waals surface area contributed by atoms with Crippen molar-refractivity contribution in [3.05, 3.63) is 35.9 Å². The number of benzene rings is 1. The van der Waals surface area contributed by atoms with Gasteiger partial charge in [-0.1, -0.05) is 30.3 Å². The van der Waals surface area contributed by atoms with Crippen LogP contribution in [-0.2, 0) is 6.54 Å². The molecular weight excluding hydrogens is 160 g/mol. The molecule has 70 valence electrons. The van der Waals surface area contributed by atoms with E-state index in [9.17, 15) is 0 Å². The second-order valence-electron chi connectivity index (χ2n) is 3.67. The van der Waals surface area contributed by atoms with Crippen molar-refractivity contribution in [3.63, 3.8) is 0 Å². The van der Waals surface area contributed by atoms with E-state index in [1.54, 1.807) is 0 Å². The Balaban J connectivity index is 1.98. The molecule has 2 heteroatoms. The van der Waals surface area contributed by atoms with Gasteiger partial charge in [0.1, 0.15) is 0 Å². The summed E-state index contributed by atoms with van der Waals surface area (Å²) < 4.78 is 0. The number of nitrogens with zero attached hydrogens (tertiary/aromatic N) is 1. The highest BCUT2D eigenvalue weighted by molar-refractivity contribution is 5.14. The third-order valence-electron chi connectivity index (χ3n) is 2.64. The molecule has 1 saturated heterocycles. The van der Waals surface area contributed by atoms with E-state index in [0.29, 0.717) is 0 Å². The normalized spacial score (nSPS) is 23.6. The maximum absolute atomic E-state index is 5.95. The molecule has 13 heavy (non-hydrogen) atoms. The van der Waals surface area contributed by atoms with Crippen LogP contribution in [0.15, 0.2) is 30.3 Å². The quantitative estimate of drug-likeness (QED) is 0.741. The molecule has 1 aliphatic heterocycles. The molecule has 0 unspecified atom stereocenters. The van der Waals surface area contributed by atoms with E-state index in [2.05, 4.69) is 29.2 Å². The smallest absolute Gasteiger partial charge is 0.0575 e. The van der Waals surface area contributed by atoms with E-state index in [-0.39, 0.29) is 6.17 Å². The Morgan fingerprint density at radius 3 is 2.69 bits per heavy atom. The van der Waals surface area contributed by atoms with Crippen LogP contribution in [0.5, 0.6) is 0 Å². The highest BCUT2D eigenvalue weighted by Gasteiger charge is 2.19. The van der Waals surface area contributed by atoms with Crippen molar-refractivity contribution < 1.29 is 0 Å². The second-order valence-corrected chi connectivity index (χ2v) is 3.67. The maximum Gasteiger partial charge on any atom is 0.0575 e. The first-order valence-electron chi connectivity index (χ1n) is 4.90. The SMILES string of the molecule is N[C@@H]1CCCN1Cc1ccccc1. The van der Waals surface area contributed by atoms with Crippen molar-refractivity contribution in [2.24, 2.45) is 5.73 Å². The zero-order valence-electron chi connectivity index (χ0n) is 7.82. The van der Waals surface area contributed by atoms with E-state index in [0.717, 1.165) is 19.5 Å². The number of nitrogens with two attached hydrogens (primary N) is 1. The van der Waals surface area contributed by atoms with Gasteiger partial charge in [-0.05, 0) is 18.4 Å². The standard InChI is InChI=1S/C11H16N2/c12-11-7-4-8-13(11)9-10-5-2-1-3-6-10/h1-3,5-6,11H,4,7-9,12H2/t11-/m0/s1. The molecule has 2 rings (SSSR count). The first kappa shape index (κ1) is 8.73. The van der Waals surface area contributed by atoms with Crippen molar-refractivity contribution in [2.45, 2.75) is 25.6 Å². The summed E-state index contributed by atoms with van der Waals surface area (Å²) in [6.45, 7) is 2.15. The number of rotatable bonds is 2. The zero-order valence-corrected chi connectivity index (χ0v) is 7.82. The lowest BCUT2D eigenvalue weighted by Gasteiger charge is -2.20. The summed E-state index contributed by atoms with van der Waals surface area (Å²) in [7, 11) is 0. The molecule has 0 aliphatic carbocycles. The molecule has 1 fully saturated rings. The Morgan fingerprint density at radius 2 is 2.08 bits per heavy atom. The van der Waals surface area contributed by atoms with E-state index in [4.69, 9.17) is 5.73 Å². The molecule has 1 aliphatic rings. The minimum absolute atomic E-state index is 0.278. The summed E-state index contributed by atoms with van der Waals surface area (Å²) >= 11 is 0. The first-order valence-corrected chi connectivity index (χ1v) is 4.90.